The highest BCUT2D eigenvalue weighted by Gasteiger charge is 2.72. The van der Waals surface area contributed by atoms with Gasteiger partial charge >= 0.3 is 5.97 Å². The highest BCUT2D eigenvalue weighted by Crippen LogP contribution is 2.75. The summed E-state index contributed by atoms with van der Waals surface area (Å²) in [4.78, 5) is 13.5. The number of carbonyl (C=O) groups is 1. The van der Waals surface area contributed by atoms with Gasteiger partial charge in [0, 0.05) is 5.41 Å². The third-order valence-electron chi connectivity index (χ3n) is 13.3. The summed E-state index contributed by atoms with van der Waals surface area (Å²) in [5, 5.41) is 32.4. The molecule has 0 aromatic heterocycles. The summed E-state index contributed by atoms with van der Waals surface area (Å²) < 4.78 is 0. The van der Waals surface area contributed by atoms with Gasteiger partial charge in [0.2, 0.25) is 0 Å². The number of hydrogen-bond donors (Lipinski definition) is 3. The van der Waals surface area contributed by atoms with Gasteiger partial charge in [0.25, 0.3) is 0 Å². The normalized spacial score (nSPS) is 56.9. The number of fused-ring (bicyclic) bond motifs is 7. The summed E-state index contributed by atoms with van der Waals surface area (Å²) >= 11 is 0. The Morgan fingerprint density at radius 3 is 2.32 bits per heavy atom. The molecule has 11 atom stereocenters. The molecule has 5 aliphatic carbocycles. The molecule has 5 aliphatic rings. The molecule has 0 radical (unpaired) electrons. The van der Waals surface area contributed by atoms with E-state index >= 15 is 0 Å². The molecule has 34 heavy (non-hydrogen) atoms. The van der Waals surface area contributed by atoms with E-state index in [1.54, 1.807) is 0 Å². The van der Waals surface area contributed by atoms with Gasteiger partial charge in [-0.15, -0.1) is 0 Å². The molecule has 4 fully saturated rings. The third kappa shape index (κ3) is 2.76. The molecule has 4 nitrogen and oxygen atoms in total. The van der Waals surface area contributed by atoms with Crippen molar-refractivity contribution >= 4 is 5.97 Å². The molecule has 0 unspecified atom stereocenters. The fraction of sp³-hybridized carbons (Fsp3) is 0.900. The molecule has 0 bridgehead atoms. The van der Waals surface area contributed by atoms with Gasteiger partial charge in [-0.3, -0.25) is 4.79 Å². The number of rotatable bonds is 2. The minimum absolute atomic E-state index is 0.00114. The van der Waals surface area contributed by atoms with Crippen LogP contribution in [0, 0.1) is 56.7 Å². The van der Waals surface area contributed by atoms with E-state index in [-0.39, 0.29) is 34.7 Å². The van der Waals surface area contributed by atoms with Crippen LogP contribution in [0.5, 0.6) is 0 Å². The molecule has 5 rings (SSSR count). The number of aliphatic hydroxyl groups excluding tert-OH is 2. The number of aliphatic carboxylic acids is 1. The average molecular weight is 473 g/mol. The molecule has 0 aromatic rings. The first-order valence-corrected chi connectivity index (χ1v) is 14.0. The van der Waals surface area contributed by atoms with Gasteiger partial charge in [0.1, 0.15) is 0 Å². The zero-order chi connectivity index (χ0) is 24.9. The smallest absolute Gasteiger partial charge is 0.314 e. The van der Waals surface area contributed by atoms with E-state index < -0.39 is 22.9 Å². The van der Waals surface area contributed by atoms with Crippen molar-refractivity contribution in [1.82, 2.24) is 0 Å². The Bertz CT molecular complexity index is 896. The van der Waals surface area contributed by atoms with Crippen molar-refractivity contribution in [2.24, 2.45) is 56.7 Å². The zero-order valence-electron chi connectivity index (χ0n) is 22.4. The number of aliphatic hydroxyl groups is 2. The van der Waals surface area contributed by atoms with Gasteiger partial charge in [-0.05, 0) is 104 Å². The van der Waals surface area contributed by atoms with E-state index in [0.29, 0.717) is 24.2 Å². The lowest BCUT2D eigenvalue weighted by molar-refractivity contribution is -0.223. The van der Waals surface area contributed by atoms with Gasteiger partial charge in [0.15, 0.2) is 0 Å². The Morgan fingerprint density at radius 2 is 1.68 bits per heavy atom. The number of carboxylic acids is 1. The van der Waals surface area contributed by atoms with Crippen LogP contribution in [-0.4, -0.2) is 34.0 Å². The number of carboxylic acid groups (broad SMARTS) is 1. The molecule has 192 valence electrons. The maximum absolute atomic E-state index is 13.5. The van der Waals surface area contributed by atoms with Crippen molar-refractivity contribution in [3.63, 3.8) is 0 Å². The number of allylic oxidation sites excluding steroid dienone is 1. The predicted octanol–water partition coefficient (Wildman–Crippen LogP) is 6.06. The predicted molar refractivity (Wildman–Crippen MR) is 134 cm³/mol. The summed E-state index contributed by atoms with van der Waals surface area (Å²) in [5.74, 6) is 1.39. The fourth-order valence-electron chi connectivity index (χ4n) is 11.0. The molecule has 0 aromatic carbocycles. The molecule has 0 amide bonds. The molecule has 0 spiro atoms. The Balaban J connectivity index is 1.65. The Labute approximate surface area is 206 Å². The summed E-state index contributed by atoms with van der Waals surface area (Å²) in [6.45, 7) is 13.9. The minimum Gasteiger partial charge on any atom is -0.481 e. The van der Waals surface area contributed by atoms with Crippen LogP contribution in [0.15, 0.2) is 11.6 Å². The van der Waals surface area contributed by atoms with Crippen LogP contribution < -0.4 is 0 Å². The molecule has 4 saturated carbocycles. The second-order valence-corrected chi connectivity index (χ2v) is 14.4. The second kappa shape index (κ2) is 7.57. The zero-order valence-corrected chi connectivity index (χ0v) is 22.4. The van der Waals surface area contributed by atoms with E-state index in [0.717, 1.165) is 38.5 Å². The monoisotopic (exact) mass is 472 g/mol. The SMILES string of the molecule is C[C@H]1[C@H](C)CC[C@]2(C)CC[C@]3(C(=O)O)C(=CC[C@@H]4[C@@]5(C)CC[C@H](O)[C@@](C)(CO)[C@@H]5CC[C@]43C)[C@H]12. The van der Waals surface area contributed by atoms with Gasteiger partial charge in [0.05, 0.1) is 18.1 Å². The first-order valence-electron chi connectivity index (χ1n) is 14.0. The lowest BCUT2D eigenvalue weighted by Gasteiger charge is -2.70. The first-order chi connectivity index (χ1) is 15.8. The molecular weight excluding hydrogens is 424 g/mol. The minimum atomic E-state index is -0.787. The molecule has 4 heteroatoms. The first kappa shape index (κ1) is 24.8. The molecule has 0 heterocycles. The summed E-state index contributed by atoms with van der Waals surface area (Å²) in [6, 6.07) is 0. The maximum Gasteiger partial charge on any atom is 0.314 e. The van der Waals surface area contributed by atoms with Crippen LogP contribution in [0.1, 0.15) is 99.3 Å². The van der Waals surface area contributed by atoms with E-state index in [1.165, 1.54) is 18.4 Å². The van der Waals surface area contributed by atoms with Crippen LogP contribution in [0.3, 0.4) is 0 Å². The highest BCUT2D eigenvalue weighted by atomic mass is 16.4. The Hall–Kier alpha value is -0.870. The molecule has 0 aliphatic heterocycles. The quantitative estimate of drug-likeness (QED) is 0.427. The highest BCUT2D eigenvalue weighted by molar-refractivity contribution is 5.81. The van der Waals surface area contributed by atoms with E-state index in [4.69, 9.17) is 0 Å². The maximum atomic E-state index is 13.5. The lowest BCUT2D eigenvalue weighted by atomic mass is 9.33. The lowest BCUT2D eigenvalue weighted by Crippen LogP contribution is -2.67. The van der Waals surface area contributed by atoms with Crippen LogP contribution >= 0.6 is 0 Å². The second-order valence-electron chi connectivity index (χ2n) is 14.4. The molecule has 0 saturated heterocycles. The van der Waals surface area contributed by atoms with Crippen molar-refractivity contribution in [2.75, 3.05) is 6.61 Å². The van der Waals surface area contributed by atoms with E-state index in [1.807, 2.05) is 0 Å². The largest absolute Gasteiger partial charge is 0.481 e. The van der Waals surface area contributed by atoms with Gasteiger partial charge < -0.3 is 15.3 Å². The van der Waals surface area contributed by atoms with Crippen molar-refractivity contribution < 1.29 is 20.1 Å². The van der Waals surface area contributed by atoms with Gasteiger partial charge in [-0.25, -0.2) is 0 Å². The fourth-order valence-corrected chi connectivity index (χ4v) is 11.0. The average Bonchev–Trinajstić information content (AvgIpc) is 2.78. The van der Waals surface area contributed by atoms with Crippen molar-refractivity contribution in [3.05, 3.63) is 11.6 Å². The van der Waals surface area contributed by atoms with Crippen LogP contribution in [0.4, 0.5) is 0 Å². The van der Waals surface area contributed by atoms with Crippen molar-refractivity contribution in [3.8, 4) is 0 Å². The number of hydrogen-bond acceptors (Lipinski definition) is 3. The van der Waals surface area contributed by atoms with Crippen LogP contribution in [-0.2, 0) is 4.79 Å². The summed E-state index contributed by atoms with van der Waals surface area (Å²) in [6.07, 6.45) is 10.5. The summed E-state index contributed by atoms with van der Waals surface area (Å²) in [5.41, 5.74) is -0.173. The van der Waals surface area contributed by atoms with Crippen molar-refractivity contribution in [1.29, 1.82) is 0 Å². The standard InChI is InChI=1S/C30H48O4/c1-18-9-12-26(3)15-16-30(25(33)34)20(24(26)19(18)2)7-8-22-27(4)13-11-23(32)28(5,17-31)21(27)10-14-29(22,30)6/h7,18-19,21-24,31-32H,8-17H2,1-6H3,(H,33,34)/t18-,19+,21-,22-,23+,24+,26-,27+,28+,29-,30-/m1/s1. The van der Waals surface area contributed by atoms with Crippen molar-refractivity contribution in [2.45, 2.75) is 105 Å². The molecule has 3 N–H and O–H groups in total. The van der Waals surface area contributed by atoms with E-state index in [2.05, 4.69) is 47.6 Å². The van der Waals surface area contributed by atoms with Crippen LogP contribution in [0.2, 0.25) is 0 Å². The third-order valence-corrected chi connectivity index (χ3v) is 13.3. The summed E-state index contributed by atoms with van der Waals surface area (Å²) in [7, 11) is 0. The molecular formula is C30H48O4. The van der Waals surface area contributed by atoms with E-state index in [9.17, 15) is 20.1 Å². The Kier molecular flexibility index (Phi) is 5.52. The van der Waals surface area contributed by atoms with Crippen LogP contribution in [0.25, 0.3) is 0 Å². The topological polar surface area (TPSA) is 77.8 Å². The van der Waals surface area contributed by atoms with Gasteiger partial charge in [-0.2, -0.15) is 0 Å². The Morgan fingerprint density at radius 1 is 0.971 bits per heavy atom. The van der Waals surface area contributed by atoms with Gasteiger partial charge in [-0.1, -0.05) is 53.2 Å².